The minimum absolute atomic E-state index is 0.142. The first-order chi connectivity index (χ1) is 8.61. The molecule has 1 aliphatic rings. The maximum atomic E-state index is 11.7. The predicted molar refractivity (Wildman–Crippen MR) is 64.9 cm³/mol. The highest BCUT2D eigenvalue weighted by Gasteiger charge is 2.28. The molecule has 0 aliphatic carbocycles. The summed E-state index contributed by atoms with van der Waals surface area (Å²) in [4.78, 5) is 34.3. The fourth-order valence-corrected chi connectivity index (χ4v) is 2.08. The van der Waals surface area contributed by atoms with Crippen molar-refractivity contribution in [3.8, 4) is 0 Å². The molecule has 0 bridgehead atoms. The zero-order valence-corrected chi connectivity index (χ0v) is 9.89. The topological polar surface area (TPSA) is 94.2 Å². The number of rotatable bonds is 3. The van der Waals surface area contributed by atoms with Crippen LogP contribution in [0, 0.1) is 0 Å². The van der Waals surface area contributed by atoms with Crippen molar-refractivity contribution in [3.05, 3.63) is 34.2 Å². The van der Waals surface area contributed by atoms with Gasteiger partial charge in [0.15, 0.2) is 0 Å². The summed E-state index contributed by atoms with van der Waals surface area (Å²) in [6.07, 6.45) is 2.45. The van der Waals surface area contributed by atoms with Gasteiger partial charge in [0.05, 0.1) is 5.92 Å². The van der Waals surface area contributed by atoms with Crippen LogP contribution in [-0.2, 0) is 16.1 Å². The summed E-state index contributed by atoms with van der Waals surface area (Å²) < 4.78 is 1.49. The van der Waals surface area contributed by atoms with Gasteiger partial charge in [-0.3, -0.25) is 19.7 Å². The first-order valence-electron chi connectivity index (χ1n) is 5.86. The summed E-state index contributed by atoms with van der Waals surface area (Å²) in [6, 6.07) is 3.06. The van der Waals surface area contributed by atoms with Crippen LogP contribution < -0.4 is 16.6 Å². The monoisotopic (exact) mass is 249 g/mol. The maximum absolute atomic E-state index is 11.7. The van der Waals surface area contributed by atoms with E-state index in [1.165, 1.54) is 10.6 Å². The van der Waals surface area contributed by atoms with Crippen LogP contribution in [0.5, 0.6) is 0 Å². The molecule has 96 valence electrons. The van der Waals surface area contributed by atoms with Crippen molar-refractivity contribution < 1.29 is 9.59 Å². The van der Waals surface area contributed by atoms with Gasteiger partial charge < -0.3 is 10.3 Å². The van der Waals surface area contributed by atoms with Crippen molar-refractivity contribution in [2.75, 3.05) is 6.54 Å². The van der Waals surface area contributed by atoms with Crippen LogP contribution in [0.2, 0.25) is 0 Å². The smallest absolute Gasteiger partial charge is 0.250 e. The van der Waals surface area contributed by atoms with Gasteiger partial charge in [0, 0.05) is 31.8 Å². The zero-order valence-electron chi connectivity index (χ0n) is 9.89. The van der Waals surface area contributed by atoms with Gasteiger partial charge in [-0.25, -0.2) is 0 Å². The van der Waals surface area contributed by atoms with Crippen LogP contribution in [-0.4, -0.2) is 22.9 Å². The number of hydrogen-bond donors (Lipinski definition) is 2. The first-order valence-corrected chi connectivity index (χ1v) is 5.86. The minimum atomic E-state index is -0.368. The average Bonchev–Trinajstić information content (AvgIpc) is 2.33. The van der Waals surface area contributed by atoms with Gasteiger partial charge in [-0.15, -0.1) is 0 Å². The van der Waals surface area contributed by atoms with Crippen LogP contribution in [0.3, 0.4) is 0 Å². The Morgan fingerprint density at radius 1 is 1.33 bits per heavy atom. The molecule has 1 aromatic heterocycles. The highest BCUT2D eigenvalue weighted by Crippen LogP contribution is 2.23. The van der Waals surface area contributed by atoms with Gasteiger partial charge in [0.25, 0.3) is 5.56 Å². The third-order valence-corrected chi connectivity index (χ3v) is 3.02. The van der Waals surface area contributed by atoms with Crippen molar-refractivity contribution in [1.29, 1.82) is 0 Å². The molecule has 2 rings (SSSR count). The molecule has 2 amide bonds. The fourth-order valence-electron chi connectivity index (χ4n) is 2.08. The summed E-state index contributed by atoms with van der Waals surface area (Å²) in [6.45, 7) is 0.776. The van der Waals surface area contributed by atoms with Crippen LogP contribution in [0.25, 0.3) is 0 Å². The van der Waals surface area contributed by atoms with E-state index >= 15 is 0 Å². The quantitative estimate of drug-likeness (QED) is 0.694. The van der Waals surface area contributed by atoms with E-state index in [4.69, 9.17) is 5.73 Å². The molecule has 1 aromatic rings. The summed E-state index contributed by atoms with van der Waals surface area (Å²) >= 11 is 0. The molecule has 1 fully saturated rings. The van der Waals surface area contributed by atoms with E-state index in [1.54, 1.807) is 12.3 Å². The Morgan fingerprint density at radius 3 is 2.78 bits per heavy atom. The fraction of sp³-hybridized carbons (Fsp3) is 0.417. The second-order valence-corrected chi connectivity index (χ2v) is 4.29. The van der Waals surface area contributed by atoms with Gasteiger partial charge in [0.1, 0.15) is 0 Å². The van der Waals surface area contributed by atoms with Gasteiger partial charge >= 0.3 is 0 Å². The molecule has 1 unspecified atom stereocenters. The Bertz CT molecular complexity index is 536. The van der Waals surface area contributed by atoms with Crippen molar-refractivity contribution in [2.45, 2.75) is 25.3 Å². The van der Waals surface area contributed by atoms with Crippen molar-refractivity contribution >= 4 is 11.8 Å². The lowest BCUT2D eigenvalue weighted by Crippen LogP contribution is -2.39. The number of amides is 2. The van der Waals surface area contributed by atoms with E-state index in [0.29, 0.717) is 25.9 Å². The predicted octanol–water partition coefficient (Wildman–Crippen LogP) is -0.673. The number of pyridine rings is 1. The standard InChI is InChI=1S/C12H15N3O3/c13-5-6-15-7-8(1-4-11(15)17)9-2-3-10(16)14-12(9)18/h1,4,7,9H,2-3,5-6,13H2,(H,14,16,18). The molecule has 0 saturated carbocycles. The lowest BCUT2D eigenvalue weighted by atomic mass is 9.91. The van der Waals surface area contributed by atoms with Crippen LogP contribution in [0.15, 0.2) is 23.1 Å². The number of carbonyl (C=O) groups is 2. The minimum Gasteiger partial charge on any atom is -0.329 e. The van der Waals surface area contributed by atoms with Crippen molar-refractivity contribution in [3.63, 3.8) is 0 Å². The maximum Gasteiger partial charge on any atom is 0.250 e. The van der Waals surface area contributed by atoms with E-state index in [0.717, 1.165) is 5.56 Å². The molecule has 0 aromatic carbocycles. The van der Waals surface area contributed by atoms with E-state index in [9.17, 15) is 14.4 Å². The Kier molecular flexibility index (Phi) is 3.57. The lowest BCUT2D eigenvalue weighted by Gasteiger charge is -2.21. The van der Waals surface area contributed by atoms with Crippen LogP contribution in [0.4, 0.5) is 0 Å². The summed E-state index contributed by atoms with van der Waals surface area (Å²) in [5.41, 5.74) is 6.02. The SMILES string of the molecule is NCCn1cc(C2CCC(=O)NC2=O)ccc1=O. The number of nitrogens with one attached hydrogen (secondary N) is 1. The normalized spacial score (nSPS) is 19.7. The molecule has 18 heavy (non-hydrogen) atoms. The molecule has 6 nitrogen and oxygen atoms in total. The number of imide groups is 1. The van der Waals surface area contributed by atoms with Gasteiger partial charge in [-0.1, -0.05) is 6.07 Å². The largest absolute Gasteiger partial charge is 0.329 e. The first kappa shape index (κ1) is 12.5. The molecular weight excluding hydrogens is 234 g/mol. The van der Waals surface area contributed by atoms with Crippen molar-refractivity contribution in [1.82, 2.24) is 9.88 Å². The molecule has 3 N–H and O–H groups in total. The van der Waals surface area contributed by atoms with Gasteiger partial charge in [-0.05, 0) is 12.0 Å². The Balaban J connectivity index is 2.28. The van der Waals surface area contributed by atoms with E-state index in [1.807, 2.05) is 0 Å². The summed E-state index contributed by atoms with van der Waals surface area (Å²) in [5, 5.41) is 2.30. The third kappa shape index (κ3) is 2.48. The Morgan fingerprint density at radius 2 is 2.11 bits per heavy atom. The highest BCUT2D eigenvalue weighted by molar-refractivity contribution is 6.00. The number of nitrogens with zero attached hydrogens (tertiary/aromatic N) is 1. The van der Waals surface area contributed by atoms with E-state index in [-0.39, 0.29) is 23.3 Å². The third-order valence-electron chi connectivity index (χ3n) is 3.02. The van der Waals surface area contributed by atoms with Gasteiger partial charge in [-0.2, -0.15) is 0 Å². The molecule has 1 aliphatic heterocycles. The second-order valence-electron chi connectivity index (χ2n) is 4.29. The van der Waals surface area contributed by atoms with E-state index in [2.05, 4.69) is 5.32 Å². The second kappa shape index (κ2) is 5.14. The number of carbonyl (C=O) groups excluding carboxylic acids is 2. The molecular formula is C12H15N3O3. The lowest BCUT2D eigenvalue weighted by molar-refractivity contribution is -0.134. The van der Waals surface area contributed by atoms with Crippen LogP contribution >= 0.6 is 0 Å². The highest BCUT2D eigenvalue weighted by atomic mass is 16.2. The Labute approximate surface area is 104 Å². The number of piperidine rings is 1. The van der Waals surface area contributed by atoms with E-state index < -0.39 is 0 Å². The molecule has 0 spiro atoms. The Hall–Kier alpha value is -1.95. The zero-order chi connectivity index (χ0) is 13.1. The molecule has 6 heteroatoms. The number of nitrogens with two attached hydrogens (primary N) is 1. The molecule has 1 saturated heterocycles. The number of aromatic nitrogens is 1. The molecule has 1 atom stereocenters. The van der Waals surface area contributed by atoms with Crippen molar-refractivity contribution in [2.24, 2.45) is 5.73 Å². The van der Waals surface area contributed by atoms with Crippen LogP contribution in [0.1, 0.15) is 24.3 Å². The summed E-state index contributed by atoms with van der Waals surface area (Å²) in [7, 11) is 0. The average molecular weight is 249 g/mol. The van der Waals surface area contributed by atoms with Gasteiger partial charge in [0.2, 0.25) is 11.8 Å². The number of hydrogen-bond acceptors (Lipinski definition) is 4. The summed E-state index contributed by atoms with van der Waals surface area (Å²) in [5.74, 6) is -0.914. The molecule has 2 heterocycles. The molecule has 0 radical (unpaired) electrons.